The molecular weight excluding hydrogens is 162 g/mol. The molecule has 11 heavy (non-hydrogen) atoms. The average molecular weight is 173 g/mol. The van der Waals surface area contributed by atoms with Crippen LogP contribution in [0.15, 0.2) is 6.07 Å². The van der Waals surface area contributed by atoms with Crippen molar-refractivity contribution >= 4 is 17.0 Å². The molecule has 1 aromatic rings. The molecule has 0 saturated heterocycles. The van der Waals surface area contributed by atoms with Crippen molar-refractivity contribution in [2.45, 2.75) is 13.5 Å². The van der Waals surface area contributed by atoms with Gasteiger partial charge in [0.2, 0.25) is 0 Å². The minimum atomic E-state index is 0.431. The fourth-order valence-corrected chi connectivity index (χ4v) is 1.67. The summed E-state index contributed by atoms with van der Waals surface area (Å²) >= 11 is 1.62. The lowest BCUT2D eigenvalue weighted by molar-refractivity contribution is -0.281. The van der Waals surface area contributed by atoms with Gasteiger partial charge in [-0.15, -0.1) is 11.3 Å². The molecule has 0 spiro atoms. The molecule has 0 aliphatic carbocycles. The van der Waals surface area contributed by atoms with Crippen LogP contribution in [0.25, 0.3) is 0 Å². The number of hydrogen-bond acceptors (Lipinski definition) is 4. The van der Waals surface area contributed by atoms with Gasteiger partial charge in [-0.1, -0.05) is 0 Å². The third-order valence-corrected chi connectivity index (χ3v) is 2.31. The van der Waals surface area contributed by atoms with Crippen molar-refractivity contribution in [2.24, 2.45) is 0 Å². The average Bonchev–Trinajstić information content (AvgIpc) is 2.26. The summed E-state index contributed by atoms with van der Waals surface area (Å²) in [6, 6.07) is 1.93. The van der Waals surface area contributed by atoms with Gasteiger partial charge in [-0.25, -0.2) is 9.78 Å². The fourth-order valence-electron chi connectivity index (χ4n) is 0.807. The Morgan fingerprint density at radius 1 is 1.64 bits per heavy atom. The number of thiophene rings is 1. The van der Waals surface area contributed by atoms with Crippen LogP contribution in [0.1, 0.15) is 9.75 Å². The maximum atomic E-state index is 5.66. The zero-order valence-corrected chi connectivity index (χ0v) is 7.40. The van der Waals surface area contributed by atoms with E-state index in [0.29, 0.717) is 6.61 Å². The van der Waals surface area contributed by atoms with Crippen LogP contribution in [0, 0.1) is 6.92 Å². The van der Waals surface area contributed by atoms with Gasteiger partial charge in [0, 0.05) is 10.6 Å². The molecule has 0 bridgehead atoms. The van der Waals surface area contributed by atoms with Crippen molar-refractivity contribution in [1.29, 1.82) is 0 Å². The minimum Gasteiger partial charge on any atom is -0.398 e. The van der Waals surface area contributed by atoms with Crippen LogP contribution in [0.3, 0.4) is 0 Å². The smallest absolute Gasteiger partial charge is 0.118 e. The first kappa shape index (κ1) is 8.52. The molecular formula is C7H11NO2S. The highest BCUT2D eigenvalue weighted by Gasteiger charge is 2.02. The van der Waals surface area contributed by atoms with E-state index < -0.39 is 0 Å². The molecule has 0 aliphatic heterocycles. The summed E-state index contributed by atoms with van der Waals surface area (Å²) in [5.41, 5.74) is 6.44. The second-order valence-electron chi connectivity index (χ2n) is 2.16. The maximum Gasteiger partial charge on any atom is 0.118 e. The van der Waals surface area contributed by atoms with Crippen molar-refractivity contribution in [3.63, 3.8) is 0 Å². The molecule has 0 radical (unpaired) electrons. The molecule has 0 fully saturated rings. The lowest BCUT2D eigenvalue weighted by atomic mass is 10.4. The summed E-state index contributed by atoms with van der Waals surface area (Å²) in [4.78, 5) is 11.4. The van der Waals surface area contributed by atoms with Crippen LogP contribution >= 0.6 is 11.3 Å². The molecule has 1 aromatic heterocycles. The second-order valence-corrected chi connectivity index (χ2v) is 3.51. The van der Waals surface area contributed by atoms with Gasteiger partial charge in [0.15, 0.2) is 0 Å². The maximum absolute atomic E-state index is 5.66. The third kappa shape index (κ3) is 2.18. The Morgan fingerprint density at radius 2 is 2.36 bits per heavy atom. The van der Waals surface area contributed by atoms with E-state index in [4.69, 9.17) is 10.6 Å². The zero-order chi connectivity index (χ0) is 8.27. The fraction of sp³-hybridized carbons (Fsp3) is 0.429. The predicted octanol–water partition coefficient (Wildman–Crippen LogP) is 1.72. The van der Waals surface area contributed by atoms with E-state index in [0.717, 1.165) is 10.6 Å². The molecule has 0 unspecified atom stereocenters. The van der Waals surface area contributed by atoms with Gasteiger partial charge >= 0.3 is 0 Å². The predicted molar refractivity (Wildman–Crippen MR) is 45.3 cm³/mol. The van der Waals surface area contributed by atoms with E-state index in [9.17, 15) is 0 Å². The normalized spacial score (nSPS) is 10.4. The van der Waals surface area contributed by atoms with Crippen molar-refractivity contribution in [1.82, 2.24) is 0 Å². The van der Waals surface area contributed by atoms with Gasteiger partial charge in [0.05, 0.1) is 12.0 Å². The molecule has 0 aromatic carbocycles. The number of nitrogens with two attached hydrogens (primary N) is 1. The molecule has 4 heteroatoms. The molecule has 2 N–H and O–H groups in total. The van der Waals surface area contributed by atoms with Gasteiger partial charge in [-0.2, -0.15) is 0 Å². The van der Waals surface area contributed by atoms with Gasteiger partial charge in [-0.05, 0) is 13.0 Å². The van der Waals surface area contributed by atoms with Crippen LogP contribution in [0.5, 0.6) is 0 Å². The highest BCUT2D eigenvalue weighted by Crippen LogP contribution is 2.24. The zero-order valence-electron chi connectivity index (χ0n) is 6.59. The van der Waals surface area contributed by atoms with E-state index in [-0.39, 0.29) is 0 Å². The Hall–Kier alpha value is -0.580. The largest absolute Gasteiger partial charge is 0.398 e. The molecule has 0 aliphatic rings. The quantitative estimate of drug-likeness (QED) is 0.559. The molecule has 3 nitrogen and oxygen atoms in total. The van der Waals surface area contributed by atoms with Crippen LogP contribution in [-0.2, 0) is 16.4 Å². The number of anilines is 1. The van der Waals surface area contributed by atoms with E-state index >= 15 is 0 Å². The Morgan fingerprint density at radius 3 is 2.82 bits per heavy atom. The highest BCUT2D eigenvalue weighted by molar-refractivity contribution is 7.12. The summed E-state index contributed by atoms with van der Waals surface area (Å²) in [5.74, 6) is 0. The summed E-state index contributed by atoms with van der Waals surface area (Å²) in [5, 5.41) is 0. The van der Waals surface area contributed by atoms with Crippen molar-refractivity contribution in [2.75, 3.05) is 12.8 Å². The first-order valence-corrected chi connectivity index (χ1v) is 4.06. The summed E-state index contributed by atoms with van der Waals surface area (Å²) in [6.07, 6.45) is 0. The topological polar surface area (TPSA) is 44.5 Å². The van der Waals surface area contributed by atoms with Gasteiger partial charge in [-0.3, -0.25) is 0 Å². The van der Waals surface area contributed by atoms with E-state index in [1.807, 2.05) is 13.0 Å². The number of aryl methyl sites for hydroxylation is 1. The molecule has 1 heterocycles. The van der Waals surface area contributed by atoms with Crippen LogP contribution in [0.2, 0.25) is 0 Å². The minimum absolute atomic E-state index is 0.431. The number of hydrogen-bond donors (Lipinski definition) is 1. The summed E-state index contributed by atoms with van der Waals surface area (Å²) < 4.78 is 0. The number of nitrogen functional groups attached to an aromatic ring is 1. The standard InChI is InChI=1S/C7H11NO2S/c1-5-3-6(8)7(11-5)4-10-9-2/h3H,4,8H2,1-2H3. The Labute approximate surface area is 69.7 Å². The lowest BCUT2D eigenvalue weighted by Crippen LogP contribution is -1.92. The van der Waals surface area contributed by atoms with Crippen LogP contribution in [-0.4, -0.2) is 7.11 Å². The highest BCUT2D eigenvalue weighted by atomic mass is 32.1. The van der Waals surface area contributed by atoms with E-state index in [1.54, 1.807) is 11.3 Å². The van der Waals surface area contributed by atoms with Crippen molar-refractivity contribution in [3.05, 3.63) is 15.8 Å². The first-order valence-electron chi connectivity index (χ1n) is 3.24. The molecule has 0 amide bonds. The Bertz CT molecular complexity index is 234. The molecule has 1 rings (SSSR count). The van der Waals surface area contributed by atoms with Crippen molar-refractivity contribution < 1.29 is 9.78 Å². The Balaban J connectivity index is 2.62. The molecule has 0 saturated carbocycles. The van der Waals surface area contributed by atoms with Gasteiger partial charge in [0.1, 0.15) is 6.61 Å². The molecule has 62 valence electrons. The number of rotatable bonds is 3. The monoisotopic (exact) mass is 173 g/mol. The van der Waals surface area contributed by atoms with Gasteiger partial charge < -0.3 is 5.73 Å². The third-order valence-electron chi connectivity index (χ3n) is 1.27. The van der Waals surface area contributed by atoms with Crippen molar-refractivity contribution in [3.8, 4) is 0 Å². The summed E-state index contributed by atoms with van der Waals surface area (Å²) in [7, 11) is 1.48. The first-order chi connectivity index (χ1) is 5.24. The molecule has 0 atom stereocenters. The SMILES string of the molecule is COOCc1sc(C)cc1N. The van der Waals surface area contributed by atoms with Crippen LogP contribution < -0.4 is 5.73 Å². The van der Waals surface area contributed by atoms with E-state index in [2.05, 4.69) is 4.89 Å². The Kier molecular flexibility index (Phi) is 2.87. The van der Waals surface area contributed by atoms with E-state index in [1.165, 1.54) is 12.0 Å². The summed E-state index contributed by atoms with van der Waals surface area (Å²) in [6.45, 7) is 2.44. The van der Waals surface area contributed by atoms with Gasteiger partial charge in [0.25, 0.3) is 0 Å². The second kappa shape index (κ2) is 3.71. The van der Waals surface area contributed by atoms with Crippen LogP contribution in [0.4, 0.5) is 5.69 Å². The lowest BCUT2D eigenvalue weighted by Gasteiger charge is -1.96.